The van der Waals surface area contributed by atoms with Crippen LogP contribution in [-0.4, -0.2) is 14.4 Å². The normalized spacial score (nSPS) is 41.3. The van der Waals surface area contributed by atoms with Gasteiger partial charge in [0.15, 0.2) is 0 Å². The lowest BCUT2D eigenvalue weighted by Gasteiger charge is -2.57. The van der Waals surface area contributed by atoms with E-state index in [1.54, 1.807) is 5.57 Å². The molecule has 1 heterocycles. The molecule has 6 atom stereocenters. The summed E-state index contributed by atoms with van der Waals surface area (Å²) in [6.07, 6.45) is 16.5. The summed E-state index contributed by atoms with van der Waals surface area (Å²) in [4.78, 5) is 5.39. The summed E-state index contributed by atoms with van der Waals surface area (Å²) in [5, 5.41) is 0. The van der Waals surface area contributed by atoms with Gasteiger partial charge in [-0.2, -0.15) is 0 Å². The number of aromatic nitrogens is 2. The third-order valence-corrected chi connectivity index (χ3v) is 10.1. The van der Waals surface area contributed by atoms with Crippen LogP contribution in [0, 0.1) is 28.6 Å². The monoisotopic (exact) mass is 450 g/mol. The lowest BCUT2D eigenvalue weighted by atomic mass is 9.48. The molecule has 4 aliphatic carbocycles. The van der Waals surface area contributed by atoms with E-state index in [2.05, 4.69) is 77.1 Å². The number of halogens is 1. The van der Waals surface area contributed by atoms with Crippen LogP contribution >= 0.6 is 15.9 Å². The fraction of sp³-hybridized carbons (Fsp3) is 0.577. The Labute approximate surface area is 182 Å². The van der Waals surface area contributed by atoms with Crippen LogP contribution in [0.15, 0.2) is 48.3 Å². The van der Waals surface area contributed by atoms with Gasteiger partial charge in [-0.25, -0.2) is 4.98 Å². The number of allylic oxidation sites excluding steroid dienone is 4. The molecule has 0 aliphatic heterocycles. The van der Waals surface area contributed by atoms with Crippen molar-refractivity contribution in [3.05, 3.63) is 48.3 Å². The first-order valence-electron chi connectivity index (χ1n) is 11.5. The van der Waals surface area contributed by atoms with Gasteiger partial charge < -0.3 is 4.57 Å². The molecule has 3 heteroatoms. The second-order valence-corrected chi connectivity index (χ2v) is 11.8. The van der Waals surface area contributed by atoms with Crippen LogP contribution in [0.4, 0.5) is 0 Å². The molecule has 1 aromatic carbocycles. The molecule has 0 amide bonds. The van der Waals surface area contributed by atoms with Crippen LogP contribution < -0.4 is 0 Å². The van der Waals surface area contributed by atoms with E-state index in [0.717, 1.165) is 23.3 Å². The molecule has 0 spiro atoms. The molecule has 152 valence electrons. The third kappa shape index (κ3) is 2.49. The molecular formula is C26H31BrN2. The largest absolute Gasteiger partial charge is 0.302 e. The van der Waals surface area contributed by atoms with E-state index in [9.17, 15) is 0 Å². The Bertz CT molecular complexity index is 1030. The van der Waals surface area contributed by atoms with Crippen LogP contribution in [0.2, 0.25) is 0 Å². The number of imidazole rings is 1. The maximum Gasteiger partial charge on any atom is 0.100 e. The summed E-state index contributed by atoms with van der Waals surface area (Å²) in [6.45, 7) is 5.16. The van der Waals surface area contributed by atoms with Crippen molar-refractivity contribution in [1.29, 1.82) is 0 Å². The quantitative estimate of drug-likeness (QED) is 0.331. The number of rotatable bonds is 1. The Morgan fingerprint density at radius 1 is 1.00 bits per heavy atom. The molecule has 6 rings (SSSR count). The van der Waals surface area contributed by atoms with Crippen LogP contribution in [0.5, 0.6) is 0 Å². The van der Waals surface area contributed by atoms with Crippen molar-refractivity contribution in [2.45, 2.75) is 63.6 Å². The van der Waals surface area contributed by atoms with E-state index < -0.39 is 0 Å². The highest BCUT2D eigenvalue weighted by atomic mass is 79.9. The summed E-state index contributed by atoms with van der Waals surface area (Å²) >= 11 is 3.91. The van der Waals surface area contributed by atoms with E-state index in [0.29, 0.717) is 10.2 Å². The number of hydrogen-bond acceptors (Lipinski definition) is 1. The van der Waals surface area contributed by atoms with Gasteiger partial charge >= 0.3 is 0 Å². The molecule has 0 saturated heterocycles. The van der Waals surface area contributed by atoms with Crippen molar-refractivity contribution in [3.8, 4) is 0 Å². The van der Waals surface area contributed by atoms with Crippen molar-refractivity contribution >= 4 is 32.7 Å². The summed E-state index contributed by atoms with van der Waals surface area (Å²) in [6, 6.07) is 8.58. The smallest absolute Gasteiger partial charge is 0.100 e. The van der Waals surface area contributed by atoms with Gasteiger partial charge in [-0.3, -0.25) is 0 Å². The molecule has 29 heavy (non-hydrogen) atoms. The third-order valence-electron chi connectivity index (χ3n) is 9.30. The molecule has 2 aromatic rings. The molecule has 2 saturated carbocycles. The number of para-hydroxylation sites is 2. The average Bonchev–Trinajstić information content (AvgIpc) is 3.29. The van der Waals surface area contributed by atoms with E-state index in [4.69, 9.17) is 4.98 Å². The van der Waals surface area contributed by atoms with E-state index in [1.165, 1.54) is 56.2 Å². The maximum absolute atomic E-state index is 4.69. The minimum absolute atomic E-state index is 0.277. The summed E-state index contributed by atoms with van der Waals surface area (Å²) in [5.41, 5.74) is 6.37. The van der Waals surface area contributed by atoms with E-state index >= 15 is 0 Å². The lowest BCUT2D eigenvalue weighted by Crippen LogP contribution is -2.49. The van der Waals surface area contributed by atoms with Crippen molar-refractivity contribution in [2.75, 3.05) is 0 Å². The molecule has 0 radical (unpaired) electrons. The molecule has 0 N–H and O–H groups in total. The van der Waals surface area contributed by atoms with Gasteiger partial charge in [0.2, 0.25) is 0 Å². The summed E-state index contributed by atoms with van der Waals surface area (Å²) in [5.74, 6) is 2.47. The zero-order valence-electron chi connectivity index (χ0n) is 17.6. The maximum atomic E-state index is 4.69. The average molecular weight is 451 g/mol. The predicted octanol–water partition coefficient (Wildman–Crippen LogP) is 7.21. The lowest BCUT2D eigenvalue weighted by molar-refractivity contribution is -0.0106. The van der Waals surface area contributed by atoms with Crippen LogP contribution in [-0.2, 0) is 0 Å². The van der Waals surface area contributed by atoms with Gasteiger partial charge in [0.05, 0.1) is 11.0 Å². The van der Waals surface area contributed by atoms with Crippen LogP contribution in [0.1, 0.15) is 58.8 Å². The SMILES string of the molecule is C[C@]12CC[C@H](Br)CC1=CCC1C2CC[C@]2(C)C(n3cnc4ccccc43)=CCC12. The van der Waals surface area contributed by atoms with Crippen LogP contribution in [0.3, 0.4) is 0 Å². The highest BCUT2D eigenvalue weighted by Crippen LogP contribution is 2.66. The Morgan fingerprint density at radius 2 is 1.83 bits per heavy atom. The zero-order chi connectivity index (χ0) is 19.8. The molecule has 2 nitrogen and oxygen atoms in total. The highest BCUT2D eigenvalue weighted by molar-refractivity contribution is 9.09. The standard InChI is InChI=1S/C26H31BrN2/c1-25-13-11-18(27)15-17(25)7-8-19-20-9-10-24(26(20,2)14-12-21(19)25)29-16-28-22-5-3-4-6-23(22)29/h3-7,10,16,18-21H,8-9,11-15H2,1-2H3/t18-,19?,20?,21?,25-,26-/m0/s1. The number of nitrogens with zero attached hydrogens (tertiary/aromatic N) is 2. The fourth-order valence-electron chi connectivity index (χ4n) is 7.69. The molecule has 1 aromatic heterocycles. The summed E-state index contributed by atoms with van der Waals surface area (Å²) < 4.78 is 2.40. The van der Waals surface area contributed by atoms with Gasteiger partial charge in [-0.1, -0.05) is 59.6 Å². The van der Waals surface area contributed by atoms with Crippen LogP contribution in [0.25, 0.3) is 16.7 Å². The van der Waals surface area contributed by atoms with Crippen molar-refractivity contribution in [2.24, 2.45) is 28.6 Å². The van der Waals surface area contributed by atoms with Gasteiger partial charge in [0.1, 0.15) is 6.33 Å². The number of fused-ring (bicyclic) bond motifs is 6. The first kappa shape index (κ1) is 18.4. The molecule has 4 aliphatic rings. The van der Waals surface area contributed by atoms with Gasteiger partial charge in [-0.05, 0) is 80.2 Å². The van der Waals surface area contributed by atoms with E-state index in [1.807, 2.05) is 0 Å². The second-order valence-electron chi connectivity index (χ2n) is 10.5. The number of alkyl halides is 1. The van der Waals surface area contributed by atoms with Gasteiger partial charge in [0, 0.05) is 15.9 Å². The molecular weight excluding hydrogens is 420 g/mol. The van der Waals surface area contributed by atoms with Gasteiger partial charge in [0.25, 0.3) is 0 Å². The van der Waals surface area contributed by atoms with Crippen molar-refractivity contribution in [1.82, 2.24) is 9.55 Å². The van der Waals surface area contributed by atoms with Crippen molar-refractivity contribution < 1.29 is 0 Å². The zero-order valence-corrected chi connectivity index (χ0v) is 19.2. The second kappa shape index (κ2) is 6.33. The first-order valence-corrected chi connectivity index (χ1v) is 12.4. The minimum atomic E-state index is 0.277. The fourth-order valence-corrected chi connectivity index (χ4v) is 8.26. The minimum Gasteiger partial charge on any atom is -0.302 e. The number of benzene rings is 1. The van der Waals surface area contributed by atoms with E-state index in [-0.39, 0.29) is 5.41 Å². The van der Waals surface area contributed by atoms with Crippen molar-refractivity contribution in [3.63, 3.8) is 0 Å². The Kier molecular flexibility index (Phi) is 4.02. The van der Waals surface area contributed by atoms with Gasteiger partial charge in [-0.15, -0.1) is 0 Å². The Balaban J connectivity index is 1.36. The topological polar surface area (TPSA) is 17.8 Å². The number of hydrogen-bond donors (Lipinski definition) is 0. The Hall–Kier alpha value is -1.35. The molecule has 0 bridgehead atoms. The molecule has 2 fully saturated rings. The first-order chi connectivity index (χ1) is 14.0. The molecule has 3 unspecified atom stereocenters. The Morgan fingerprint density at radius 3 is 2.72 bits per heavy atom. The predicted molar refractivity (Wildman–Crippen MR) is 124 cm³/mol. The highest BCUT2D eigenvalue weighted by Gasteiger charge is 2.57. The summed E-state index contributed by atoms with van der Waals surface area (Å²) in [7, 11) is 0.